The number of carbonyl (C=O) groups is 2. The van der Waals surface area contributed by atoms with E-state index < -0.39 is 12.1 Å². The first-order valence-corrected chi connectivity index (χ1v) is 9.26. The summed E-state index contributed by atoms with van der Waals surface area (Å²) >= 11 is 0. The summed E-state index contributed by atoms with van der Waals surface area (Å²) in [4.78, 5) is 30.8. The highest BCUT2D eigenvalue weighted by atomic mass is 19.4. The number of benzene rings is 1. The van der Waals surface area contributed by atoms with Crippen LogP contribution in [0.1, 0.15) is 44.5 Å². The van der Waals surface area contributed by atoms with Crippen LogP contribution in [0.4, 0.5) is 13.2 Å². The van der Waals surface area contributed by atoms with Crippen LogP contribution >= 0.6 is 0 Å². The molecule has 1 aromatic carbocycles. The van der Waals surface area contributed by atoms with Crippen molar-refractivity contribution in [3.63, 3.8) is 0 Å². The van der Waals surface area contributed by atoms with Crippen molar-refractivity contribution in [3.05, 3.63) is 41.9 Å². The predicted octanol–water partition coefficient (Wildman–Crippen LogP) is 4.00. The van der Waals surface area contributed by atoms with E-state index in [1.165, 1.54) is 5.56 Å². The van der Waals surface area contributed by atoms with Crippen LogP contribution in [-0.2, 0) is 16.0 Å². The summed E-state index contributed by atoms with van der Waals surface area (Å²) in [6.07, 6.45) is -1.61. The van der Waals surface area contributed by atoms with Gasteiger partial charge < -0.3 is 15.0 Å². The summed E-state index contributed by atoms with van der Waals surface area (Å²) < 4.78 is 31.7. The number of likely N-dealkylation sites (tertiary alicyclic amines) is 1. The molecule has 2 N–H and O–H groups in total. The molecule has 1 fully saturated rings. The largest absolute Gasteiger partial charge is 0.490 e. The van der Waals surface area contributed by atoms with Gasteiger partial charge in [0.1, 0.15) is 5.82 Å². The summed E-state index contributed by atoms with van der Waals surface area (Å²) in [6, 6.07) is 8.80. The Labute approximate surface area is 166 Å². The number of carboxylic acids is 1. The molecule has 29 heavy (non-hydrogen) atoms. The molecule has 1 amide bonds. The third kappa shape index (κ3) is 5.82. The summed E-state index contributed by atoms with van der Waals surface area (Å²) in [5, 5.41) is 7.12. The number of hydrogen-bond donors (Lipinski definition) is 2. The lowest BCUT2D eigenvalue weighted by molar-refractivity contribution is -0.192. The van der Waals surface area contributed by atoms with Crippen LogP contribution in [0.3, 0.4) is 0 Å². The molecule has 0 aliphatic carbocycles. The van der Waals surface area contributed by atoms with Crippen molar-refractivity contribution in [3.8, 4) is 11.3 Å². The van der Waals surface area contributed by atoms with E-state index in [4.69, 9.17) is 9.90 Å². The van der Waals surface area contributed by atoms with Crippen molar-refractivity contribution >= 4 is 11.9 Å². The standard InChI is InChI=1S/C18H23N3O.C2HF3O2/c1-4-13-5-7-14(8-6-13)16-10-19-18(20-16)15-9-17(22)21(11-15)12(2)3;3-2(4,5)1(6)7/h5-8,10,12,15H,4,9,11H2,1-3H3,(H,19,20);(H,6,7). The predicted molar refractivity (Wildman–Crippen MR) is 101 cm³/mol. The number of aromatic nitrogens is 2. The summed E-state index contributed by atoms with van der Waals surface area (Å²) in [5.41, 5.74) is 3.49. The number of halogens is 3. The molecule has 0 saturated carbocycles. The van der Waals surface area contributed by atoms with Crippen molar-refractivity contribution in [1.82, 2.24) is 14.9 Å². The molecular weight excluding hydrogens is 387 g/mol. The van der Waals surface area contributed by atoms with Gasteiger partial charge in [0.25, 0.3) is 0 Å². The van der Waals surface area contributed by atoms with Crippen LogP contribution in [0.25, 0.3) is 11.3 Å². The Bertz CT molecular complexity index is 845. The third-order valence-electron chi connectivity index (χ3n) is 4.68. The zero-order chi connectivity index (χ0) is 21.8. The molecule has 1 aromatic heterocycles. The minimum Gasteiger partial charge on any atom is -0.475 e. The molecule has 0 spiro atoms. The zero-order valence-electron chi connectivity index (χ0n) is 16.5. The molecule has 2 aromatic rings. The van der Waals surface area contributed by atoms with Gasteiger partial charge in [0.2, 0.25) is 5.91 Å². The van der Waals surface area contributed by atoms with Crippen LogP contribution in [0.15, 0.2) is 30.5 Å². The van der Waals surface area contributed by atoms with Crippen LogP contribution in [-0.4, -0.2) is 50.6 Å². The Hall–Kier alpha value is -2.84. The lowest BCUT2D eigenvalue weighted by Gasteiger charge is -2.20. The van der Waals surface area contributed by atoms with Gasteiger partial charge in [-0.2, -0.15) is 13.2 Å². The fourth-order valence-electron chi connectivity index (χ4n) is 3.02. The molecule has 6 nitrogen and oxygen atoms in total. The van der Waals surface area contributed by atoms with E-state index in [1.807, 2.05) is 11.1 Å². The second kappa shape index (κ2) is 9.11. The molecule has 1 saturated heterocycles. The monoisotopic (exact) mass is 411 g/mol. The van der Waals surface area contributed by atoms with E-state index in [1.54, 1.807) is 0 Å². The number of aryl methyl sites for hydroxylation is 1. The molecule has 3 rings (SSSR count). The second-order valence-electron chi connectivity index (χ2n) is 7.08. The van der Waals surface area contributed by atoms with Crippen molar-refractivity contribution in [2.24, 2.45) is 0 Å². The van der Waals surface area contributed by atoms with Gasteiger partial charge in [-0.1, -0.05) is 31.2 Å². The maximum atomic E-state index is 12.0. The molecular formula is C20H24F3N3O3. The number of carboxylic acid groups (broad SMARTS) is 1. The third-order valence-corrected chi connectivity index (χ3v) is 4.68. The topological polar surface area (TPSA) is 86.3 Å². The number of aromatic amines is 1. The van der Waals surface area contributed by atoms with Crippen LogP contribution < -0.4 is 0 Å². The number of hydrogen-bond acceptors (Lipinski definition) is 3. The van der Waals surface area contributed by atoms with Gasteiger partial charge in [0.15, 0.2) is 0 Å². The second-order valence-corrected chi connectivity index (χ2v) is 7.08. The summed E-state index contributed by atoms with van der Waals surface area (Å²) in [7, 11) is 0. The van der Waals surface area contributed by atoms with Crippen LogP contribution in [0, 0.1) is 0 Å². The van der Waals surface area contributed by atoms with Crippen LogP contribution in [0.5, 0.6) is 0 Å². The zero-order valence-corrected chi connectivity index (χ0v) is 16.5. The van der Waals surface area contributed by atoms with E-state index in [9.17, 15) is 18.0 Å². The molecule has 1 atom stereocenters. The molecule has 2 heterocycles. The molecule has 9 heteroatoms. The van der Waals surface area contributed by atoms with Crippen molar-refractivity contribution in [1.29, 1.82) is 0 Å². The molecule has 158 valence electrons. The van der Waals surface area contributed by atoms with Gasteiger partial charge >= 0.3 is 12.1 Å². The minimum absolute atomic E-state index is 0.179. The number of alkyl halides is 3. The first kappa shape index (κ1) is 22.4. The summed E-state index contributed by atoms with van der Waals surface area (Å²) in [6.45, 7) is 7.03. The number of nitrogens with zero attached hydrogens (tertiary/aromatic N) is 2. The van der Waals surface area contributed by atoms with Crippen molar-refractivity contribution < 1.29 is 27.9 Å². The first-order chi connectivity index (χ1) is 13.5. The number of H-pyrrole nitrogens is 1. The van der Waals surface area contributed by atoms with Crippen molar-refractivity contribution in [2.45, 2.75) is 51.7 Å². The van der Waals surface area contributed by atoms with Gasteiger partial charge in [-0.3, -0.25) is 4.79 Å². The van der Waals surface area contributed by atoms with Gasteiger partial charge in [-0.15, -0.1) is 0 Å². The Balaban J connectivity index is 0.000000370. The molecule has 0 bridgehead atoms. The van der Waals surface area contributed by atoms with Gasteiger partial charge in [-0.25, -0.2) is 9.78 Å². The Kier molecular flexibility index (Phi) is 7.05. The van der Waals surface area contributed by atoms with E-state index in [2.05, 4.69) is 55.0 Å². The number of carbonyl (C=O) groups excluding carboxylic acids is 1. The smallest absolute Gasteiger partial charge is 0.475 e. The number of nitrogens with one attached hydrogen (secondary N) is 1. The van der Waals surface area contributed by atoms with E-state index in [-0.39, 0.29) is 17.9 Å². The lowest BCUT2D eigenvalue weighted by Crippen LogP contribution is -2.31. The van der Waals surface area contributed by atoms with E-state index in [0.717, 1.165) is 30.0 Å². The Morgan fingerprint density at radius 1 is 1.31 bits per heavy atom. The number of imidazole rings is 1. The maximum absolute atomic E-state index is 12.0. The molecule has 1 aliphatic rings. The van der Waals surface area contributed by atoms with E-state index >= 15 is 0 Å². The van der Waals surface area contributed by atoms with Crippen molar-refractivity contribution in [2.75, 3.05) is 6.54 Å². The Morgan fingerprint density at radius 3 is 2.34 bits per heavy atom. The Morgan fingerprint density at radius 2 is 1.90 bits per heavy atom. The quantitative estimate of drug-likeness (QED) is 0.796. The number of amides is 1. The van der Waals surface area contributed by atoms with E-state index in [0.29, 0.717) is 6.42 Å². The summed E-state index contributed by atoms with van der Waals surface area (Å²) in [5.74, 6) is -1.43. The van der Waals surface area contributed by atoms with Crippen LogP contribution in [0.2, 0.25) is 0 Å². The molecule has 1 unspecified atom stereocenters. The first-order valence-electron chi connectivity index (χ1n) is 9.26. The average molecular weight is 411 g/mol. The highest BCUT2D eigenvalue weighted by Crippen LogP contribution is 2.29. The number of aliphatic carboxylic acids is 1. The lowest BCUT2D eigenvalue weighted by atomic mass is 10.1. The fourth-order valence-corrected chi connectivity index (χ4v) is 3.02. The average Bonchev–Trinajstić information content (AvgIpc) is 3.28. The molecule has 0 radical (unpaired) electrons. The van der Waals surface area contributed by atoms with Gasteiger partial charge in [-0.05, 0) is 31.4 Å². The minimum atomic E-state index is -5.08. The highest BCUT2D eigenvalue weighted by molar-refractivity contribution is 5.80. The molecule has 1 aliphatic heterocycles. The highest BCUT2D eigenvalue weighted by Gasteiger charge is 2.38. The number of rotatable bonds is 4. The maximum Gasteiger partial charge on any atom is 0.490 e. The van der Waals surface area contributed by atoms with Gasteiger partial charge in [0.05, 0.1) is 11.9 Å². The van der Waals surface area contributed by atoms with Gasteiger partial charge in [0, 0.05) is 24.9 Å². The normalized spacial score (nSPS) is 16.7. The SMILES string of the molecule is CCc1ccc(-c2cnc(C3CC(=O)N(C(C)C)C3)[nH]2)cc1.O=C(O)C(F)(F)F. The fraction of sp³-hybridized carbons (Fsp3) is 0.450.